The predicted octanol–water partition coefficient (Wildman–Crippen LogP) is 3.00. The lowest BCUT2D eigenvalue weighted by molar-refractivity contribution is 0.0461. The van der Waals surface area contributed by atoms with Gasteiger partial charge < -0.3 is 9.30 Å². The van der Waals surface area contributed by atoms with E-state index >= 15 is 0 Å². The molecule has 0 saturated carbocycles. The Morgan fingerprint density at radius 3 is 2.72 bits per heavy atom. The summed E-state index contributed by atoms with van der Waals surface area (Å²) in [7, 11) is 1.83. The van der Waals surface area contributed by atoms with Crippen molar-refractivity contribution in [3.63, 3.8) is 0 Å². The molecule has 0 aliphatic heterocycles. The lowest BCUT2D eigenvalue weighted by Crippen LogP contribution is -2.10. The number of aromatic nitrogens is 1. The second-order valence-corrected chi connectivity index (χ2v) is 4.51. The molecule has 0 aliphatic rings. The van der Waals surface area contributed by atoms with Gasteiger partial charge in [-0.2, -0.15) is 0 Å². The molecule has 3 heteroatoms. The van der Waals surface area contributed by atoms with E-state index in [0.29, 0.717) is 12.3 Å². The fourth-order valence-electron chi connectivity index (χ4n) is 1.85. The predicted molar refractivity (Wildman–Crippen MR) is 70.4 cm³/mol. The first-order chi connectivity index (χ1) is 8.58. The number of rotatable bonds is 3. The van der Waals surface area contributed by atoms with E-state index in [1.54, 1.807) is 10.6 Å². The minimum atomic E-state index is -0.289. The topological polar surface area (TPSA) is 31.2 Å². The van der Waals surface area contributed by atoms with Gasteiger partial charge in [-0.15, -0.1) is 0 Å². The summed E-state index contributed by atoms with van der Waals surface area (Å²) >= 11 is 0. The third kappa shape index (κ3) is 2.62. The van der Waals surface area contributed by atoms with Crippen LogP contribution in [0.15, 0.2) is 36.5 Å². The van der Waals surface area contributed by atoms with Crippen molar-refractivity contribution in [1.29, 1.82) is 0 Å². The Balaban J connectivity index is 2.06. The molecule has 0 radical (unpaired) electrons. The van der Waals surface area contributed by atoms with Crippen LogP contribution < -0.4 is 0 Å². The van der Waals surface area contributed by atoms with Crippen molar-refractivity contribution in [3.05, 3.63) is 58.9 Å². The molecule has 0 N–H and O–H groups in total. The van der Waals surface area contributed by atoms with Gasteiger partial charge >= 0.3 is 5.97 Å². The molecule has 1 aromatic heterocycles. The van der Waals surface area contributed by atoms with Crippen LogP contribution in [0.2, 0.25) is 0 Å². The molecular weight excluding hydrogens is 226 g/mol. The molecule has 0 aliphatic carbocycles. The Kier molecular flexibility index (Phi) is 3.51. The van der Waals surface area contributed by atoms with E-state index in [0.717, 1.165) is 11.1 Å². The van der Waals surface area contributed by atoms with Crippen LogP contribution in [0.1, 0.15) is 27.2 Å². The molecule has 2 aromatic rings. The summed E-state index contributed by atoms with van der Waals surface area (Å²) in [6.07, 6.45) is 1.83. The van der Waals surface area contributed by atoms with Crippen molar-refractivity contribution in [1.82, 2.24) is 4.57 Å². The van der Waals surface area contributed by atoms with Gasteiger partial charge in [-0.05, 0) is 37.1 Å². The number of esters is 1. The highest BCUT2D eigenvalue weighted by Crippen LogP contribution is 2.13. The fourth-order valence-corrected chi connectivity index (χ4v) is 1.85. The molecule has 94 valence electrons. The quantitative estimate of drug-likeness (QED) is 0.776. The highest BCUT2D eigenvalue weighted by atomic mass is 16.5. The van der Waals surface area contributed by atoms with Crippen molar-refractivity contribution in [2.24, 2.45) is 7.05 Å². The number of hydrogen-bond donors (Lipinski definition) is 0. The Hall–Kier alpha value is -2.03. The molecule has 0 amide bonds. The number of ether oxygens (including phenoxy) is 1. The van der Waals surface area contributed by atoms with E-state index in [9.17, 15) is 4.79 Å². The highest BCUT2D eigenvalue weighted by Gasteiger charge is 2.10. The standard InChI is InChI=1S/C15H17NO2/c1-11-6-7-12(2)13(9-11)10-18-15(17)14-5-4-8-16(14)3/h4-9H,10H2,1-3H3. The average Bonchev–Trinajstić information content (AvgIpc) is 2.76. The summed E-state index contributed by atoms with van der Waals surface area (Å²) in [5.41, 5.74) is 3.93. The van der Waals surface area contributed by atoms with E-state index in [1.165, 1.54) is 5.56 Å². The van der Waals surface area contributed by atoms with Gasteiger partial charge in [0.1, 0.15) is 12.3 Å². The molecule has 3 nitrogen and oxygen atoms in total. The Bertz CT molecular complexity index is 570. The van der Waals surface area contributed by atoms with Crippen LogP contribution in [0, 0.1) is 13.8 Å². The minimum Gasteiger partial charge on any atom is -0.456 e. The molecule has 0 saturated heterocycles. The maximum absolute atomic E-state index is 11.9. The highest BCUT2D eigenvalue weighted by molar-refractivity contribution is 5.87. The smallest absolute Gasteiger partial charge is 0.355 e. The van der Waals surface area contributed by atoms with Gasteiger partial charge in [-0.1, -0.05) is 23.8 Å². The van der Waals surface area contributed by atoms with Gasteiger partial charge in [-0.3, -0.25) is 0 Å². The van der Waals surface area contributed by atoms with Crippen molar-refractivity contribution < 1.29 is 9.53 Å². The largest absolute Gasteiger partial charge is 0.456 e. The summed E-state index contributed by atoms with van der Waals surface area (Å²) in [6, 6.07) is 9.73. The van der Waals surface area contributed by atoms with Crippen LogP contribution in [-0.4, -0.2) is 10.5 Å². The summed E-state index contributed by atoms with van der Waals surface area (Å²) in [6.45, 7) is 4.37. The molecule has 0 bridgehead atoms. The number of aryl methyl sites for hydroxylation is 3. The lowest BCUT2D eigenvalue weighted by Gasteiger charge is -2.09. The van der Waals surface area contributed by atoms with Gasteiger partial charge in [0, 0.05) is 13.2 Å². The molecular formula is C15H17NO2. The number of nitrogens with zero attached hydrogens (tertiary/aromatic N) is 1. The van der Waals surface area contributed by atoms with Gasteiger partial charge in [0.2, 0.25) is 0 Å². The number of benzene rings is 1. The van der Waals surface area contributed by atoms with Crippen molar-refractivity contribution >= 4 is 5.97 Å². The summed E-state index contributed by atoms with van der Waals surface area (Å²) < 4.78 is 7.08. The van der Waals surface area contributed by atoms with E-state index in [4.69, 9.17) is 4.74 Å². The van der Waals surface area contributed by atoms with Gasteiger partial charge in [0.15, 0.2) is 0 Å². The minimum absolute atomic E-state index is 0.289. The maximum atomic E-state index is 11.9. The van der Waals surface area contributed by atoms with Crippen molar-refractivity contribution in [3.8, 4) is 0 Å². The van der Waals surface area contributed by atoms with Crippen LogP contribution in [0.4, 0.5) is 0 Å². The van der Waals surface area contributed by atoms with Crippen molar-refractivity contribution in [2.75, 3.05) is 0 Å². The zero-order valence-electron chi connectivity index (χ0n) is 10.9. The van der Waals surface area contributed by atoms with Crippen LogP contribution in [-0.2, 0) is 18.4 Å². The molecule has 1 heterocycles. The number of hydrogen-bond acceptors (Lipinski definition) is 2. The fraction of sp³-hybridized carbons (Fsp3) is 0.267. The Labute approximate surface area is 107 Å². The third-order valence-electron chi connectivity index (χ3n) is 3.02. The molecule has 0 unspecified atom stereocenters. The normalized spacial score (nSPS) is 10.4. The lowest BCUT2D eigenvalue weighted by atomic mass is 10.1. The van der Waals surface area contributed by atoms with Crippen LogP contribution in [0.25, 0.3) is 0 Å². The zero-order chi connectivity index (χ0) is 13.1. The van der Waals surface area contributed by atoms with Crippen LogP contribution in [0.5, 0.6) is 0 Å². The van der Waals surface area contributed by atoms with E-state index in [1.807, 2.05) is 45.3 Å². The Morgan fingerprint density at radius 1 is 1.28 bits per heavy atom. The van der Waals surface area contributed by atoms with E-state index in [2.05, 4.69) is 6.07 Å². The first kappa shape index (κ1) is 12.4. The second kappa shape index (κ2) is 5.08. The molecule has 18 heavy (non-hydrogen) atoms. The summed E-state index contributed by atoms with van der Waals surface area (Å²) in [5, 5.41) is 0. The molecule has 0 fully saturated rings. The molecule has 2 rings (SSSR count). The van der Waals surface area contributed by atoms with Crippen LogP contribution >= 0.6 is 0 Å². The third-order valence-corrected chi connectivity index (χ3v) is 3.02. The SMILES string of the molecule is Cc1ccc(C)c(COC(=O)c2cccn2C)c1. The second-order valence-electron chi connectivity index (χ2n) is 4.51. The maximum Gasteiger partial charge on any atom is 0.355 e. The zero-order valence-corrected chi connectivity index (χ0v) is 10.9. The van der Waals surface area contributed by atoms with Crippen LogP contribution in [0.3, 0.4) is 0 Å². The average molecular weight is 243 g/mol. The number of carbonyl (C=O) groups excluding carboxylic acids is 1. The monoisotopic (exact) mass is 243 g/mol. The van der Waals surface area contributed by atoms with Gasteiger partial charge in [0.25, 0.3) is 0 Å². The summed E-state index contributed by atoms with van der Waals surface area (Å²) in [5.74, 6) is -0.289. The van der Waals surface area contributed by atoms with Crippen molar-refractivity contribution in [2.45, 2.75) is 20.5 Å². The van der Waals surface area contributed by atoms with E-state index < -0.39 is 0 Å². The van der Waals surface area contributed by atoms with Gasteiger partial charge in [-0.25, -0.2) is 4.79 Å². The first-order valence-electron chi connectivity index (χ1n) is 5.92. The molecule has 0 atom stereocenters. The first-order valence-corrected chi connectivity index (χ1v) is 5.92. The molecule has 0 spiro atoms. The number of carbonyl (C=O) groups is 1. The van der Waals surface area contributed by atoms with E-state index in [-0.39, 0.29) is 5.97 Å². The Morgan fingerprint density at radius 2 is 2.06 bits per heavy atom. The molecule has 1 aromatic carbocycles. The van der Waals surface area contributed by atoms with Gasteiger partial charge in [0.05, 0.1) is 0 Å². The summed E-state index contributed by atoms with van der Waals surface area (Å²) in [4.78, 5) is 11.9.